The van der Waals surface area contributed by atoms with Gasteiger partial charge in [-0.3, -0.25) is 4.79 Å². The molecule has 1 unspecified atom stereocenters. The van der Waals surface area contributed by atoms with Crippen molar-refractivity contribution in [2.75, 3.05) is 19.0 Å². The van der Waals surface area contributed by atoms with Gasteiger partial charge >= 0.3 is 6.09 Å². The zero-order valence-corrected chi connectivity index (χ0v) is 12.5. The second-order valence-electron chi connectivity index (χ2n) is 5.02. The van der Waals surface area contributed by atoms with Crippen LogP contribution in [0, 0.1) is 0 Å². The van der Waals surface area contributed by atoms with Gasteiger partial charge in [0.25, 0.3) is 0 Å². The van der Waals surface area contributed by atoms with Crippen LogP contribution in [0.4, 0.5) is 4.79 Å². The third kappa shape index (κ3) is 4.93. The van der Waals surface area contributed by atoms with E-state index in [1.807, 2.05) is 30.3 Å². The van der Waals surface area contributed by atoms with Crippen molar-refractivity contribution in [3.05, 3.63) is 35.9 Å². The molecule has 6 heteroatoms. The smallest absolute Gasteiger partial charge is 0.407 e. The quantitative estimate of drug-likeness (QED) is 0.867. The van der Waals surface area contributed by atoms with E-state index in [4.69, 9.17) is 16.3 Å². The standard InChI is InChI=1S/C15H19ClN2O3/c16-9-14(19)18-8-4-7-13(10-18)17-15(20)21-11-12-5-2-1-3-6-12/h1-3,5-6,13H,4,7-11H2,(H,17,20). The van der Waals surface area contributed by atoms with Gasteiger partial charge in [-0.15, -0.1) is 11.6 Å². The van der Waals surface area contributed by atoms with Crippen LogP contribution in [-0.4, -0.2) is 41.9 Å². The molecule has 0 aromatic heterocycles. The van der Waals surface area contributed by atoms with E-state index in [9.17, 15) is 9.59 Å². The Morgan fingerprint density at radius 1 is 1.33 bits per heavy atom. The number of likely N-dealkylation sites (tertiary alicyclic amines) is 1. The van der Waals surface area contributed by atoms with Crippen LogP contribution in [0.3, 0.4) is 0 Å². The molecule has 1 aromatic carbocycles. The van der Waals surface area contributed by atoms with Crippen LogP contribution in [0.2, 0.25) is 0 Å². The number of piperidine rings is 1. The minimum absolute atomic E-state index is 0.0226. The third-order valence-corrected chi connectivity index (χ3v) is 3.65. The Hall–Kier alpha value is -1.75. The fraction of sp³-hybridized carbons (Fsp3) is 0.467. The Morgan fingerprint density at radius 2 is 2.10 bits per heavy atom. The molecule has 1 atom stereocenters. The second kappa shape index (κ2) is 7.88. The lowest BCUT2D eigenvalue weighted by Gasteiger charge is -2.32. The molecule has 1 N–H and O–H groups in total. The van der Waals surface area contributed by atoms with Gasteiger partial charge in [0.15, 0.2) is 0 Å². The molecule has 114 valence electrons. The van der Waals surface area contributed by atoms with Gasteiger partial charge in [-0.2, -0.15) is 0 Å². The Labute approximate surface area is 129 Å². The highest BCUT2D eigenvalue weighted by Gasteiger charge is 2.24. The van der Waals surface area contributed by atoms with Gasteiger partial charge in [0, 0.05) is 19.1 Å². The van der Waals surface area contributed by atoms with Crippen molar-refractivity contribution < 1.29 is 14.3 Å². The minimum atomic E-state index is -0.455. The summed E-state index contributed by atoms with van der Waals surface area (Å²) < 4.78 is 5.17. The fourth-order valence-corrected chi connectivity index (χ4v) is 2.51. The molecule has 1 aliphatic rings. The zero-order chi connectivity index (χ0) is 15.1. The molecule has 0 spiro atoms. The number of rotatable bonds is 4. The maximum Gasteiger partial charge on any atom is 0.407 e. The van der Waals surface area contributed by atoms with Crippen LogP contribution in [0.5, 0.6) is 0 Å². The Balaban J connectivity index is 1.76. The van der Waals surface area contributed by atoms with Gasteiger partial charge in [0.05, 0.1) is 0 Å². The number of alkyl carbamates (subject to hydrolysis) is 1. The highest BCUT2D eigenvalue weighted by atomic mass is 35.5. The number of benzene rings is 1. The maximum atomic E-state index is 11.8. The number of ether oxygens (including phenoxy) is 1. The SMILES string of the molecule is O=C(NC1CCCN(C(=O)CCl)C1)OCc1ccccc1. The molecule has 0 saturated carbocycles. The molecule has 0 bridgehead atoms. The average Bonchev–Trinajstić information content (AvgIpc) is 2.53. The van der Waals surface area contributed by atoms with Gasteiger partial charge in [-0.25, -0.2) is 4.79 Å². The molecule has 2 rings (SSSR count). The molecule has 1 heterocycles. The van der Waals surface area contributed by atoms with Crippen molar-refractivity contribution >= 4 is 23.6 Å². The predicted octanol–water partition coefficient (Wildman–Crippen LogP) is 2.14. The number of nitrogens with zero attached hydrogens (tertiary/aromatic N) is 1. The van der Waals surface area contributed by atoms with E-state index in [1.54, 1.807) is 4.90 Å². The normalized spacial score (nSPS) is 18.1. The van der Waals surface area contributed by atoms with Crippen molar-refractivity contribution in [3.63, 3.8) is 0 Å². The van der Waals surface area contributed by atoms with E-state index in [1.165, 1.54) is 0 Å². The van der Waals surface area contributed by atoms with Crippen molar-refractivity contribution in [2.45, 2.75) is 25.5 Å². The van der Waals surface area contributed by atoms with Gasteiger partial charge in [0.1, 0.15) is 12.5 Å². The topological polar surface area (TPSA) is 58.6 Å². The number of nitrogens with one attached hydrogen (secondary N) is 1. The van der Waals surface area contributed by atoms with Crippen LogP contribution in [0.1, 0.15) is 18.4 Å². The van der Waals surface area contributed by atoms with E-state index < -0.39 is 6.09 Å². The first-order chi connectivity index (χ1) is 10.2. The summed E-state index contributed by atoms with van der Waals surface area (Å²) in [4.78, 5) is 25.0. The van der Waals surface area contributed by atoms with Gasteiger partial charge in [-0.05, 0) is 18.4 Å². The molecular weight excluding hydrogens is 292 g/mol. The maximum absolute atomic E-state index is 11.8. The summed E-state index contributed by atoms with van der Waals surface area (Å²) in [6.07, 6.45) is 1.24. The largest absolute Gasteiger partial charge is 0.445 e. The minimum Gasteiger partial charge on any atom is -0.445 e. The van der Waals surface area contributed by atoms with Gasteiger partial charge in [0.2, 0.25) is 5.91 Å². The zero-order valence-electron chi connectivity index (χ0n) is 11.8. The molecule has 0 radical (unpaired) electrons. The predicted molar refractivity (Wildman–Crippen MR) is 80.1 cm³/mol. The second-order valence-corrected chi connectivity index (χ2v) is 5.29. The number of alkyl halides is 1. The molecule has 5 nitrogen and oxygen atoms in total. The van der Waals surface area contributed by atoms with Crippen molar-refractivity contribution in [1.29, 1.82) is 0 Å². The third-order valence-electron chi connectivity index (χ3n) is 3.42. The van der Waals surface area contributed by atoms with Crippen LogP contribution in [0.15, 0.2) is 30.3 Å². The first kappa shape index (κ1) is 15.6. The average molecular weight is 311 g/mol. The summed E-state index contributed by atoms with van der Waals surface area (Å²) in [5.74, 6) is -0.119. The first-order valence-electron chi connectivity index (χ1n) is 7.00. The number of carbonyl (C=O) groups is 2. The van der Waals surface area contributed by atoms with Crippen LogP contribution in [0.25, 0.3) is 0 Å². The molecule has 1 aliphatic heterocycles. The molecule has 2 amide bonds. The summed E-state index contributed by atoms with van der Waals surface area (Å²) in [6.45, 7) is 1.43. The van der Waals surface area contributed by atoms with Crippen LogP contribution >= 0.6 is 11.6 Å². The van der Waals surface area contributed by atoms with Gasteiger partial charge in [-0.1, -0.05) is 30.3 Å². The number of carbonyl (C=O) groups excluding carboxylic acids is 2. The Kier molecular flexibility index (Phi) is 5.87. The Morgan fingerprint density at radius 3 is 2.81 bits per heavy atom. The number of amides is 2. The summed E-state index contributed by atoms with van der Waals surface area (Å²) >= 11 is 5.55. The van der Waals surface area contributed by atoms with Gasteiger partial charge < -0.3 is 15.0 Å². The number of halogens is 1. The van der Waals surface area contributed by atoms with Crippen LogP contribution < -0.4 is 5.32 Å². The summed E-state index contributed by atoms with van der Waals surface area (Å²) in [7, 11) is 0. The highest BCUT2D eigenvalue weighted by molar-refractivity contribution is 6.27. The van der Waals surface area contributed by atoms with E-state index in [0.29, 0.717) is 13.1 Å². The molecule has 1 aromatic rings. The summed E-state index contributed by atoms with van der Waals surface area (Å²) in [5.41, 5.74) is 0.940. The number of hydrogen-bond donors (Lipinski definition) is 1. The lowest BCUT2D eigenvalue weighted by molar-refractivity contribution is -0.129. The lowest BCUT2D eigenvalue weighted by Crippen LogP contribution is -2.50. The van der Waals surface area contributed by atoms with Crippen LogP contribution in [-0.2, 0) is 16.1 Å². The molecular formula is C15H19ClN2O3. The summed E-state index contributed by atoms with van der Waals surface area (Å²) in [5, 5.41) is 2.80. The highest BCUT2D eigenvalue weighted by Crippen LogP contribution is 2.11. The van der Waals surface area contributed by atoms with Crippen molar-refractivity contribution in [1.82, 2.24) is 10.2 Å². The fourth-order valence-electron chi connectivity index (χ4n) is 2.34. The molecule has 1 saturated heterocycles. The number of hydrogen-bond acceptors (Lipinski definition) is 3. The van der Waals surface area contributed by atoms with E-state index in [-0.39, 0.29) is 24.4 Å². The Bertz CT molecular complexity index is 481. The summed E-state index contributed by atoms with van der Waals surface area (Å²) in [6, 6.07) is 9.42. The van der Waals surface area contributed by atoms with Crippen molar-refractivity contribution in [3.8, 4) is 0 Å². The van der Waals surface area contributed by atoms with E-state index in [2.05, 4.69) is 5.32 Å². The first-order valence-corrected chi connectivity index (χ1v) is 7.53. The van der Waals surface area contributed by atoms with E-state index >= 15 is 0 Å². The lowest BCUT2D eigenvalue weighted by atomic mass is 10.1. The van der Waals surface area contributed by atoms with E-state index in [0.717, 1.165) is 18.4 Å². The monoisotopic (exact) mass is 310 g/mol. The molecule has 0 aliphatic carbocycles. The molecule has 21 heavy (non-hydrogen) atoms. The van der Waals surface area contributed by atoms with Crippen molar-refractivity contribution in [2.24, 2.45) is 0 Å². The molecule has 1 fully saturated rings.